The average molecular weight is 319 g/mol. The molecule has 0 aliphatic carbocycles. The first-order valence-electron chi connectivity index (χ1n) is 6.72. The van der Waals surface area contributed by atoms with Gasteiger partial charge >= 0.3 is 0 Å². The van der Waals surface area contributed by atoms with Crippen LogP contribution in [0.1, 0.15) is 5.69 Å². The topological polar surface area (TPSA) is 63.5 Å². The lowest BCUT2D eigenvalue weighted by molar-refractivity contribution is 0.581. The number of fused-ring (bicyclic) bond motifs is 1. The fraction of sp³-hybridized carbons (Fsp3) is 0.133. The Bertz CT molecular complexity index is 892. The summed E-state index contributed by atoms with van der Waals surface area (Å²) in [5.41, 5.74) is 1.32. The number of rotatable bonds is 5. The summed E-state index contributed by atoms with van der Waals surface area (Å²) in [6.07, 6.45) is 3.45. The van der Waals surface area contributed by atoms with Gasteiger partial charge in [-0.05, 0) is 24.3 Å². The lowest BCUT2D eigenvalue weighted by Crippen LogP contribution is -2.26. The highest BCUT2D eigenvalue weighted by molar-refractivity contribution is 7.89. The Morgan fingerprint density at radius 1 is 1.09 bits per heavy atom. The van der Waals surface area contributed by atoms with E-state index < -0.39 is 10.0 Å². The molecule has 1 N–H and O–H groups in total. The fourth-order valence-electron chi connectivity index (χ4n) is 2.13. The molecule has 0 aliphatic heterocycles. The minimum absolute atomic E-state index is 0.226. The molecule has 0 amide bonds. The van der Waals surface area contributed by atoms with Crippen molar-refractivity contribution in [1.29, 1.82) is 0 Å². The molecule has 0 fully saturated rings. The van der Waals surface area contributed by atoms with Gasteiger partial charge in [0, 0.05) is 25.4 Å². The minimum atomic E-state index is -3.51. The quantitative estimate of drug-likeness (QED) is 0.782. The number of hydrogen-bond acceptors (Lipinski definition) is 3. The highest BCUT2D eigenvalue weighted by Crippen LogP contribution is 2.09. The smallest absolute Gasteiger partial charge is 0.240 e. The van der Waals surface area contributed by atoms with Crippen molar-refractivity contribution in [3.05, 3.63) is 66.4 Å². The Balaban J connectivity index is 1.67. The van der Waals surface area contributed by atoms with Gasteiger partial charge in [0.15, 0.2) is 0 Å². The third kappa shape index (κ3) is 3.15. The van der Waals surface area contributed by atoms with Crippen LogP contribution in [0.25, 0.3) is 5.65 Å². The van der Waals surface area contributed by atoms with Crippen LogP contribution in [0, 0.1) is 5.82 Å². The minimum Gasteiger partial charge on any atom is -0.304 e. The fourth-order valence-corrected chi connectivity index (χ4v) is 3.19. The standard InChI is InChI=1S/C15H14FN3O2S/c16-12-6-7-15-18-13(11-19(15)10-12)8-9-17-22(20,21)14-4-2-1-3-5-14/h1-7,10-11,17H,8-9H2. The molecule has 0 atom stereocenters. The number of pyridine rings is 1. The number of nitrogens with one attached hydrogen (secondary N) is 1. The maximum atomic E-state index is 13.1. The number of halogens is 1. The van der Waals surface area contributed by atoms with E-state index in [-0.39, 0.29) is 17.3 Å². The van der Waals surface area contributed by atoms with Crippen LogP contribution in [0.4, 0.5) is 4.39 Å². The summed E-state index contributed by atoms with van der Waals surface area (Å²) in [4.78, 5) is 4.54. The molecule has 2 aromatic heterocycles. The zero-order chi connectivity index (χ0) is 15.6. The van der Waals surface area contributed by atoms with Crippen molar-refractivity contribution < 1.29 is 12.8 Å². The molecule has 114 valence electrons. The molecule has 0 unspecified atom stereocenters. The summed E-state index contributed by atoms with van der Waals surface area (Å²) in [5.74, 6) is -0.346. The van der Waals surface area contributed by atoms with Gasteiger partial charge in [0.25, 0.3) is 0 Å². The van der Waals surface area contributed by atoms with Crippen LogP contribution >= 0.6 is 0 Å². The molecular weight excluding hydrogens is 305 g/mol. The van der Waals surface area contributed by atoms with Gasteiger partial charge in [-0.25, -0.2) is 22.5 Å². The molecule has 0 saturated heterocycles. The number of hydrogen-bond donors (Lipinski definition) is 1. The third-order valence-electron chi connectivity index (χ3n) is 3.19. The van der Waals surface area contributed by atoms with Crippen LogP contribution in [-0.2, 0) is 16.4 Å². The van der Waals surface area contributed by atoms with Gasteiger partial charge in [0.2, 0.25) is 10.0 Å². The SMILES string of the molecule is O=S(=O)(NCCc1cn2cc(F)ccc2n1)c1ccccc1. The Hall–Kier alpha value is -2.25. The maximum Gasteiger partial charge on any atom is 0.240 e. The van der Waals surface area contributed by atoms with Crippen molar-refractivity contribution in [2.24, 2.45) is 0 Å². The largest absolute Gasteiger partial charge is 0.304 e. The molecule has 5 nitrogen and oxygen atoms in total. The van der Waals surface area contributed by atoms with E-state index in [2.05, 4.69) is 9.71 Å². The van der Waals surface area contributed by atoms with E-state index in [1.165, 1.54) is 24.4 Å². The molecule has 0 saturated carbocycles. The molecule has 0 spiro atoms. The van der Waals surface area contributed by atoms with Gasteiger partial charge in [-0.3, -0.25) is 0 Å². The predicted molar refractivity (Wildman–Crippen MR) is 80.5 cm³/mol. The highest BCUT2D eigenvalue weighted by atomic mass is 32.2. The van der Waals surface area contributed by atoms with E-state index in [1.807, 2.05) is 0 Å². The van der Waals surface area contributed by atoms with Gasteiger partial charge < -0.3 is 4.40 Å². The molecule has 2 heterocycles. The lowest BCUT2D eigenvalue weighted by atomic mass is 10.3. The van der Waals surface area contributed by atoms with E-state index in [9.17, 15) is 12.8 Å². The molecule has 0 radical (unpaired) electrons. The number of aromatic nitrogens is 2. The zero-order valence-electron chi connectivity index (χ0n) is 11.6. The van der Waals surface area contributed by atoms with E-state index in [1.54, 1.807) is 34.9 Å². The van der Waals surface area contributed by atoms with Crippen molar-refractivity contribution in [2.75, 3.05) is 6.54 Å². The molecule has 7 heteroatoms. The Kier molecular flexibility index (Phi) is 3.91. The molecule has 0 aliphatic rings. The van der Waals surface area contributed by atoms with Gasteiger partial charge in [-0.15, -0.1) is 0 Å². The van der Waals surface area contributed by atoms with Gasteiger partial charge in [-0.1, -0.05) is 18.2 Å². The van der Waals surface area contributed by atoms with E-state index >= 15 is 0 Å². The second kappa shape index (κ2) is 5.86. The molecule has 0 bridgehead atoms. The summed E-state index contributed by atoms with van der Waals surface area (Å²) in [6, 6.07) is 11.1. The van der Waals surface area contributed by atoms with E-state index in [0.717, 1.165) is 0 Å². The van der Waals surface area contributed by atoms with Gasteiger partial charge in [0.05, 0.1) is 10.6 Å². The van der Waals surface area contributed by atoms with Crippen molar-refractivity contribution in [2.45, 2.75) is 11.3 Å². The highest BCUT2D eigenvalue weighted by Gasteiger charge is 2.12. The molecule has 1 aromatic carbocycles. The van der Waals surface area contributed by atoms with Crippen LogP contribution in [0.2, 0.25) is 0 Å². The van der Waals surface area contributed by atoms with E-state index in [4.69, 9.17) is 0 Å². The summed E-state index contributed by atoms with van der Waals surface area (Å²) >= 11 is 0. The first-order chi connectivity index (χ1) is 10.5. The Morgan fingerprint density at radius 2 is 1.86 bits per heavy atom. The van der Waals surface area contributed by atoms with Gasteiger partial charge in [0.1, 0.15) is 11.5 Å². The second-order valence-corrected chi connectivity index (χ2v) is 6.57. The first-order valence-corrected chi connectivity index (χ1v) is 8.21. The average Bonchev–Trinajstić information content (AvgIpc) is 2.89. The molecule has 3 aromatic rings. The van der Waals surface area contributed by atoms with Crippen LogP contribution in [0.5, 0.6) is 0 Å². The monoisotopic (exact) mass is 319 g/mol. The summed E-state index contributed by atoms with van der Waals surface area (Å²) in [5, 5.41) is 0. The van der Waals surface area contributed by atoms with Crippen LogP contribution in [0.15, 0.2) is 59.8 Å². The van der Waals surface area contributed by atoms with Crippen molar-refractivity contribution in [1.82, 2.24) is 14.1 Å². The van der Waals surface area contributed by atoms with E-state index in [0.29, 0.717) is 17.8 Å². The van der Waals surface area contributed by atoms with Crippen molar-refractivity contribution >= 4 is 15.7 Å². The van der Waals surface area contributed by atoms with Crippen LogP contribution in [-0.4, -0.2) is 24.3 Å². The molecule has 3 rings (SSSR count). The third-order valence-corrected chi connectivity index (χ3v) is 4.67. The van der Waals surface area contributed by atoms with Crippen LogP contribution in [0.3, 0.4) is 0 Å². The number of benzene rings is 1. The van der Waals surface area contributed by atoms with Crippen molar-refractivity contribution in [3.8, 4) is 0 Å². The predicted octanol–water partition coefficient (Wildman–Crippen LogP) is 1.99. The summed E-state index contributed by atoms with van der Waals surface area (Å²) in [7, 11) is -3.51. The van der Waals surface area contributed by atoms with Crippen LogP contribution < -0.4 is 4.72 Å². The molecular formula is C15H14FN3O2S. The second-order valence-electron chi connectivity index (χ2n) is 4.81. The number of nitrogens with zero attached hydrogens (tertiary/aromatic N) is 2. The summed E-state index contributed by atoms with van der Waals surface area (Å²) in [6.45, 7) is 0.226. The lowest BCUT2D eigenvalue weighted by Gasteiger charge is -2.05. The first kappa shape index (κ1) is 14.7. The summed E-state index contributed by atoms with van der Waals surface area (Å²) < 4.78 is 41.3. The normalized spacial score (nSPS) is 11.9. The van der Waals surface area contributed by atoms with Crippen molar-refractivity contribution in [3.63, 3.8) is 0 Å². The van der Waals surface area contributed by atoms with Gasteiger partial charge in [-0.2, -0.15) is 0 Å². The number of imidazole rings is 1. The number of sulfonamides is 1. The maximum absolute atomic E-state index is 13.1. The molecule has 22 heavy (non-hydrogen) atoms. The Morgan fingerprint density at radius 3 is 2.64 bits per heavy atom. The zero-order valence-corrected chi connectivity index (χ0v) is 12.4. The Labute approximate surface area is 127 Å².